The van der Waals surface area contributed by atoms with Crippen LogP contribution in [0.1, 0.15) is 65.0 Å². The van der Waals surface area contributed by atoms with Gasteiger partial charge in [0.05, 0.1) is 0 Å². The topological polar surface area (TPSA) is 61.9 Å². The van der Waals surface area contributed by atoms with Crippen LogP contribution in [0.15, 0.2) is 30.3 Å². The Morgan fingerprint density at radius 3 is 2.28 bits per heavy atom. The molecule has 6 heteroatoms. The molecule has 2 amide bonds. The highest BCUT2D eigenvalue weighted by Gasteiger charge is 2.31. The second-order valence-corrected chi connectivity index (χ2v) is 8.72. The number of rotatable bonds is 8. The largest absolute Gasteiger partial charge is 0.444 e. The first-order valence-corrected chi connectivity index (χ1v) is 10.9. The lowest BCUT2D eigenvalue weighted by atomic mass is 10.1. The number of nitrogens with one attached hydrogen (secondary N) is 1. The minimum Gasteiger partial charge on any atom is -0.444 e. The number of ether oxygens (including phenoxy) is 1. The van der Waals surface area contributed by atoms with Crippen LogP contribution in [0.25, 0.3) is 0 Å². The Morgan fingerprint density at radius 2 is 1.69 bits per heavy atom. The van der Waals surface area contributed by atoms with Gasteiger partial charge < -0.3 is 15.0 Å². The van der Waals surface area contributed by atoms with Crippen molar-refractivity contribution >= 4 is 12.0 Å². The highest BCUT2D eigenvalue weighted by atomic mass is 16.6. The Kier molecular flexibility index (Phi) is 8.96. The molecule has 6 nitrogen and oxygen atoms in total. The second-order valence-electron chi connectivity index (χ2n) is 8.72. The van der Waals surface area contributed by atoms with Crippen LogP contribution in [0.3, 0.4) is 0 Å². The fourth-order valence-electron chi connectivity index (χ4n) is 3.50. The molecule has 1 atom stereocenters. The van der Waals surface area contributed by atoms with Gasteiger partial charge in [-0.1, -0.05) is 56.5 Å². The third kappa shape index (κ3) is 8.05. The molecule has 1 aliphatic heterocycles. The molecule has 1 unspecified atom stereocenters. The van der Waals surface area contributed by atoms with Crippen LogP contribution in [-0.4, -0.2) is 60.1 Å². The van der Waals surface area contributed by atoms with E-state index in [0.29, 0.717) is 13.1 Å². The standard InChI is InChI=1S/C23H37N3O3/c1-5-6-7-11-14-25-15-17-26(18-16-25)21(27)20(19-12-9-8-10-13-19)24-22(28)29-23(2,3)4/h8-10,12-13,20H,5-7,11,14-18H2,1-4H3,(H,24,28). The molecule has 0 aliphatic carbocycles. The van der Waals surface area contributed by atoms with Crippen LogP contribution in [0.4, 0.5) is 4.79 Å². The second kappa shape index (κ2) is 11.2. The Labute approximate surface area is 175 Å². The van der Waals surface area contributed by atoms with E-state index in [9.17, 15) is 9.59 Å². The van der Waals surface area contributed by atoms with Gasteiger partial charge >= 0.3 is 6.09 Å². The molecule has 0 bridgehead atoms. The highest BCUT2D eigenvalue weighted by Crippen LogP contribution is 2.19. The molecule has 0 radical (unpaired) electrons. The lowest BCUT2D eigenvalue weighted by Crippen LogP contribution is -2.52. The summed E-state index contributed by atoms with van der Waals surface area (Å²) in [4.78, 5) is 29.9. The number of alkyl carbamates (subject to hydrolysis) is 1. The summed E-state index contributed by atoms with van der Waals surface area (Å²) in [5.41, 5.74) is 0.156. The van der Waals surface area contributed by atoms with Crippen LogP contribution >= 0.6 is 0 Å². The number of carbonyl (C=O) groups excluding carboxylic acids is 2. The van der Waals surface area contributed by atoms with Gasteiger partial charge in [0.1, 0.15) is 11.6 Å². The number of piperazine rings is 1. The van der Waals surface area contributed by atoms with Crippen LogP contribution in [0.5, 0.6) is 0 Å². The van der Waals surface area contributed by atoms with Crippen molar-refractivity contribution in [1.82, 2.24) is 15.1 Å². The maximum atomic E-state index is 13.2. The van der Waals surface area contributed by atoms with Crippen molar-refractivity contribution in [3.8, 4) is 0 Å². The molecule has 1 heterocycles. The molecular formula is C23H37N3O3. The Balaban J connectivity index is 1.97. The summed E-state index contributed by atoms with van der Waals surface area (Å²) in [6.45, 7) is 11.9. The predicted octanol–water partition coefficient (Wildman–Crippen LogP) is 3.98. The normalized spacial score (nSPS) is 16.3. The lowest BCUT2D eigenvalue weighted by molar-refractivity contribution is -0.135. The molecule has 29 heavy (non-hydrogen) atoms. The Hall–Kier alpha value is -2.08. The monoisotopic (exact) mass is 403 g/mol. The third-order valence-corrected chi connectivity index (χ3v) is 5.05. The van der Waals surface area contributed by atoms with E-state index in [2.05, 4.69) is 17.1 Å². The summed E-state index contributed by atoms with van der Waals surface area (Å²) in [5.74, 6) is -0.0762. The molecule has 1 fully saturated rings. The van der Waals surface area contributed by atoms with Gasteiger partial charge in [-0.3, -0.25) is 9.69 Å². The number of carbonyl (C=O) groups is 2. The molecule has 1 aromatic carbocycles. The van der Waals surface area contributed by atoms with Crippen molar-refractivity contribution in [2.24, 2.45) is 0 Å². The van der Waals surface area contributed by atoms with Crippen molar-refractivity contribution in [2.45, 2.75) is 65.0 Å². The molecule has 1 N–H and O–H groups in total. The SMILES string of the molecule is CCCCCCN1CCN(C(=O)C(NC(=O)OC(C)(C)C)c2ccccc2)CC1. The van der Waals surface area contributed by atoms with Crippen molar-refractivity contribution in [1.29, 1.82) is 0 Å². The van der Waals surface area contributed by atoms with Crippen molar-refractivity contribution < 1.29 is 14.3 Å². The zero-order chi connectivity index (χ0) is 21.3. The number of nitrogens with zero attached hydrogens (tertiary/aromatic N) is 2. The van der Waals surface area contributed by atoms with Crippen LogP contribution in [0, 0.1) is 0 Å². The molecule has 1 saturated heterocycles. The first-order chi connectivity index (χ1) is 13.8. The fourth-order valence-corrected chi connectivity index (χ4v) is 3.50. The lowest BCUT2D eigenvalue weighted by Gasteiger charge is -2.36. The summed E-state index contributed by atoms with van der Waals surface area (Å²) in [7, 11) is 0. The molecule has 0 saturated carbocycles. The number of hydrogen-bond acceptors (Lipinski definition) is 4. The van der Waals surface area contributed by atoms with E-state index in [1.165, 1.54) is 25.7 Å². The molecule has 2 rings (SSSR count). The minimum absolute atomic E-state index is 0.0762. The average molecular weight is 404 g/mol. The maximum Gasteiger partial charge on any atom is 0.408 e. The predicted molar refractivity (Wildman–Crippen MR) is 116 cm³/mol. The number of amides is 2. The van der Waals surface area contributed by atoms with Gasteiger partial charge in [-0.25, -0.2) is 4.79 Å². The van der Waals surface area contributed by atoms with E-state index in [1.807, 2.05) is 56.0 Å². The third-order valence-electron chi connectivity index (χ3n) is 5.05. The molecule has 0 spiro atoms. The van der Waals surface area contributed by atoms with Gasteiger partial charge in [0.25, 0.3) is 0 Å². The van der Waals surface area contributed by atoms with E-state index >= 15 is 0 Å². The number of unbranched alkanes of at least 4 members (excludes halogenated alkanes) is 3. The van der Waals surface area contributed by atoms with Crippen LogP contribution in [-0.2, 0) is 9.53 Å². The first-order valence-electron chi connectivity index (χ1n) is 10.9. The zero-order valence-corrected chi connectivity index (χ0v) is 18.4. The van der Waals surface area contributed by atoms with Crippen LogP contribution < -0.4 is 5.32 Å². The van der Waals surface area contributed by atoms with E-state index in [4.69, 9.17) is 4.74 Å². The van der Waals surface area contributed by atoms with Crippen molar-refractivity contribution in [3.63, 3.8) is 0 Å². The van der Waals surface area contributed by atoms with E-state index < -0.39 is 17.7 Å². The van der Waals surface area contributed by atoms with E-state index in [-0.39, 0.29) is 5.91 Å². The van der Waals surface area contributed by atoms with Gasteiger partial charge in [0.2, 0.25) is 5.91 Å². The smallest absolute Gasteiger partial charge is 0.408 e. The molecule has 162 valence electrons. The molecular weight excluding hydrogens is 366 g/mol. The van der Waals surface area contributed by atoms with Gasteiger partial charge in [-0.05, 0) is 39.3 Å². The highest BCUT2D eigenvalue weighted by molar-refractivity contribution is 5.87. The summed E-state index contributed by atoms with van der Waals surface area (Å²) in [5, 5.41) is 2.78. The summed E-state index contributed by atoms with van der Waals surface area (Å²) >= 11 is 0. The number of hydrogen-bond donors (Lipinski definition) is 1. The Bertz CT molecular complexity index is 635. The van der Waals surface area contributed by atoms with Gasteiger partial charge in [0, 0.05) is 26.2 Å². The van der Waals surface area contributed by atoms with Gasteiger partial charge in [-0.2, -0.15) is 0 Å². The quantitative estimate of drug-likeness (QED) is 0.667. The van der Waals surface area contributed by atoms with E-state index in [1.54, 1.807) is 0 Å². The average Bonchev–Trinajstić information content (AvgIpc) is 2.69. The number of benzene rings is 1. The minimum atomic E-state index is -0.734. The zero-order valence-electron chi connectivity index (χ0n) is 18.4. The Morgan fingerprint density at radius 1 is 1.03 bits per heavy atom. The van der Waals surface area contributed by atoms with Gasteiger partial charge in [-0.15, -0.1) is 0 Å². The van der Waals surface area contributed by atoms with Gasteiger partial charge in [0.15, 0.2) is 0 Å². The van der Waals surface area contributed by atoms with Crippen molar-refractivity contribution in [2.75, 3.05) is 32.7 Å². The molecule has 1 aliphatic rings. The maximum absolute atomic E-state index is 13.2. The molecule has 0 aromatic heterocycles. The molecule has 1 aromatic rings. The van der Waals surface area contributed by atoms with E-state index in [0.717, 1.165) is 25.2 Å². The summed E-state index contributed by atoms with van der Waals surface area (Å²) in [6, 6.07) is 8.65. The van der Waals surface area contributed by atoms with Crippen LogP contribution in [0.2, 0.25) is 0 Å². The first kappa shape index (κ1) is 23.2. The summed E-state index contributed by atoms with van der Waals surface area (Å²) in [6.07, 6.45) is 4.44. The van der Waals surface area contributed by atoms with Crippen molar-refractivity contribution in [3.05, 3.63) is 35.9 Å². The fraction of sp³-hybridized carbons (Fsp3) is 0.652. The summed E-state index contributed by atoms with van der Waals surface area (Å²) < 4.78 is 5.38.